The highest BCUT2D eigenvalue weighted by Gasteiger charge is 2.56. The molecule has 0 saturated heterocycles. The Bertz CT molecular complexity index is 355. The van der Waals surface area contributed by atoms with Crippen LogP contribution in [0, 0.1) is 11.8 Å². The van der Waals surface area contributed by atoms with Crippen LogP contribution in [0.2, 0.25) is 0 Å². The van der Waals surface area contributed by atoms with Gasteiger partial charge in [0.1, 0.15) is 0 Å². The Balaban J connectivity index is 1.75. The molecule has 0 bridgehead atoms. The molecular formula is C10H15N3O2. The lowest BCUT2D eigenvalue weighted by Gasteiger charge is -1.99. The minimum atomic E-state index is -0.513. The van der Waals surface area contributed by atoms with E-state index in [-0.39, 0.29) is 6.61 Å². The topological polar surface area (TPSA) is 85.2 Å². The summed E-state index contributed by atoms with van der Waals surface area (Å²) in [6.45, 7) is -0.142. The molecule has 82 valence electrons. The van der Waals surface area contributed by atoms with E-state index in [4.69, 9.17) is 15.4 Å². The smallest absolute Gasteiger partial charge is 0.230 e. The van der Waals surface area contributed by atoms with Crippen molar-refractivity contribution in [3.05, 3.63) is 11.7 Å². The van der Waals surface area contributed by atoms with Crippen molar-refractivity contribution < 1.29 is 9.63 Å². The summed E-state index contributed by atoms with van der Waals surface area (Å²) in [4.78, 5) is 4.26. The molecule has 5 heteroatoms. The van der Waals surface area contributed by atoms with Gasteiger partial charge in [-0.2, -0.15) is 4.98 Å². The molecule has 5 nitrogen and oxygen atoms in total. The van der Waals surface area contributed by atoms with Crippen molar-refractivity contribution in [2.24, 2.45) is 17.6 Å². The SMILES string of the molecule is NC(CO)c1noc(C2C3CCCC32)n1. The van der Waals surface area contributed by atoms with Gasteiger partial charge in [-0.1, -0.05) is 11.6 Å². The van der Waals surface area contributed by atoms with Gasteiger partial charge in [0.25, 0.3) is 0 Å². The van der Waals surface area contributed by atoms with Gasteiger partial charge in [0.2, 0.25) is 5.89 Å². The molecule has 3 unspecified atom stereocenters. The van der Waals surface area contributed by atoms with E-state index in [1.165, 1.54) is 19.3 Å². The van der Waals surface area contributed by atoms with Crippen LogP contribution in [0.5, 0.6) is 0 Å². The van der Waals surface area contributed by atoms with Crippen molar-refractivity contribution in [2.45, 2.75) is 31.2 Å². The summed E-state index contributed by atoms with van der Waals surface area (Å²) in [6.07, 6.45) is 3.92. The molecule has 2 fully saturated rings. The summed E-state index contributed by atoms with van der Waals surface area (Å²) in [7, 11) is 0. The average molecular weight is 209 g/mol. The maximum Gasteiger partial charge on any atom is 0.230 e. The normalized spacial score (nSPS) is 35.2. The molecule has 1 heterocycles. The van der Waals surface area contributed by atoms with E-state index in [0.29, 0.717) is 11.7 Å². The standard InChI is InChI=1S/C10H15N3O2/c11-7(4-14)9-12-10(15-13-9)8-5-2-1-3-6(5)8/h5-8,14H,1-4,11H2. The Morgan fingerprint density at radius 1 is 1.47 bits per heavy atom. The number of fused-ring (bicyclic) bond motifs is 1. The van der Waals surface area contributed by atoms with Crippen molar-refractivity contribution >= 4 is 0 Å². The molecule has 2 aliphatic carbocycles. The van der Waals surface area contributed by atoms with Gasteiger partial charge in [-0.3, -0.25) is 0 Å². The number of hydrogen-bond acceptors (Lipinski definition) is 5. The maximum absolute atomic E-state index is 8.87. The lowest BCUT2D eigenvalue weighted by atomic mass is 10.1. The van der Waals surface area contributed by atoms with Gasteiger partial charge < -0.3 is 15.4 Å². The van der Waals surface area contributed by atoms with Crippen LogP contribution in [-0.4, -0.2) is 21.9 Å². The second-order valence-electron chi connectivity index (χ2n) is 4.56. The molecule has 1 aromatic rings. The third-order valence-electron chi connectivity index (χ3n) is 3.68. The first-order chi connectivity index (χ1) is 7.31. The molecule has 0 radical (unpaired) electrons. The lowest BCUT2D eigenvalue weighted by molar-refractivity contribution is 0.259. The molecule has 1 aromatic heterocycles. The highest BCUT2D eigenvalue weighted by molar-refractivity contribution is 5.16. The quantitative estimate of drug-likeness (QED) is 0.760. The van der Waals surface area contributed by atoms with Gasteiger partial charge in [0.05, 0.1) is 12.6 Å². The summed E-state index contributed by atoms with van der Waals surface area (Å²) in [5.41, 5.74) is 5.61. The third-order valence-corrected chi connectivity index (χ3v) is 3.68. The van der Waals surface area contributed by atoms with Crippen LogP contribution in [0.15, 0.2) is 4.52 Å². The van der Waals surface area contributed by atoms with Crippen molar-refractivity contribution in [3.8, 4) is 0 Å². The molecule has 3 atom stereocenters. The Kier molecular flexibility index (Phi) is 2.03. The van der Waals surface area contributed by atoms with Gasteiger partial charge in [-0.05, 0) is 24.7 Å². The number of hydrogen-bond donors (Lipinski definition) is 2. The van der Waals surface area contributed by atoms with Crippen molar-refractivity contribution in [1.82, 2.24) is 10.1 Å². The monoisotopic (exact) mass is 209 g/mol. The summed E-state index contributed by atoms with van der Waals surface area (Å²) in [5, 5.41) is 12.7. The molecule has 0 aromatic carbocycles. The van der Waals surface area contributed by atoms with Crippen LogP contribution in [-0.2, 0) is 0 Å². The van der Waals surface area contributed by atoms with Gasteiger partial charge >= 0.3 is 0 Å². The van der Waals surface area contributed by atoms with Crippen LogP contribution >= 0.6 is 0 Å². The van der Waals surface area contributed by atoms with E-state index in [1.807, 2.05) is 0 Å². The summed E-state index contributed by atoms with van der Waals surface area (Å²) < 4.78 is 5.20. The summed E-state index contributed by atoms with van der Waals surface area (Å²) >= 11 is 0. The summed E-state index contributed by atoms with van der Waals surface area (Å²) in [5.74, 6) is 3.17. The zero-order chi connectivity index (χ0) is 10.4. The van der Waals surface area contributed by atoms with Gasteiger partial charge in [0.15, 0.2) is 5.82 Å². The van der Waals surface area contributed by atoms with Crippen molar-refractivity contribution in [2.75, 3.05) is 6.61 Å². The minimum Gasteiger partial charge on any atom is -0.394 e. The van der Waals surface area contributed by atoms with E-state index < -0.39 is 6.04 Å². The second kappa shape index (κ2) is 3.28. The molecule has 0 spiro atoms. The molecule has 2 saturated carbocycles. The summed E-state index contributed by atoms with van der Waals surface area (Å²) in [6, 6.07) is -0.513. The van der Waals surface area contributed by atoms with Gasteiger partial charge in [-0.25, -0.2) is 0 Å². The molecule has 2 aliphatic rings. The van der Waals surface area contributed by atoms with E-state index in [1.54, 1.807) is 0 Å². The molecule has 3 rings (SSSR count). The average Bonchev–Trinajstić information content (AvgIpc) is 2.74. The predicted octanol–water partition coefficient (Wildman–Crippen LogP) is 0.575. The van der Waals surface area contributed by atoms with Gasteiger partial charge in [0, 0.05) is 5.92 Å². The number of nitrogens with zero attached hydrogens (tertiary/aromatic N) is 2. The highest BCUT2D eigenvalue weighted by Crippen LogP contribution is 2.62. The van der Waals surface area contributed by atoms with E-state index in [2.05, 4.69) is 10.1 Å². The largest absolute Gasteiger partial charge is 0.394 e. The highest BCUT2D eigenvalue weighted by atomic mass is 16.5. The second-order valence-corrected chi connectivity index (χ2v) is 4.56. The fourth-order valence-corrected chi connectivity index (χ4v) is 2.80. The number of rotatable bonds is 3. The minimum absolute atomic E-state index is 0.142. The zero-order valence-electron chi connectivity index (χ0n) is 8.47. The molecular weight excluding hydrogens is 194 g/mol. The third kappa shape index (κ3) is 1.38. The van der Waals surface area contributed by atoms with Crippen LogP contribution in [0.25, 0.3) is 0 Å². The Labute approximate surface area is 87.7 Å². The molecule has 0 aliphatic heterocycles. The first-order valence-corrected chi connectivity index (χ1v) is 5.51. The van der Waals surface area contributed by atoms with E-state index >= 15 is 0 Å². The fourth-order valence-electron chi connectivity index (χ4n) is 2.80. The predicted molar refractivity (Wildman–Crippen MR) is 51.9 cm³/mol. The van der Waals surface area contributed by atoms with Crippen LogP contribution in [0.4, 0.5) is 0 Å². The van der Waals surface area contributed by atoms with Crippen molar-refractivity contribution in [1.29, 1.82) is 0 Å². The maximum atomic E-state index is 8.87. The lowest BCUT2D eigenvalue weighted by Crippen LogP contribution is -2.16. The Hall–Kier alpha value is -0.940. The van der Waals surface area contributed by atoms with Crippen LogP contribution < -0.4 is 5.73 Å². The first kappa shape index (κ1) is 9.30. The molecule has 0 amide bonds. The van der Waals surface area contributed by atoms with E-state index in [9.17, 15) is 0 Å². The number of aromatic nitrogens is 2. The van der Waals surface area contributed by atoms with E-state index in [0.717, 1.165) is 17.7 Å². The number of aliphatic hydroxyl groups is 1. The van der Waals surface area contributed by atoms with Gasteiger partial charge in [-0.15, -0.1) is 0 Å². The van der Waals surface area contributed by atoms with Crippen molar-refractivity contribution in [3.63, 3.8) is 0 Å². The fraction of sp³-hybridized carbons (Fsp3) is 0.800. The molecule has 15 heavy (non-hydrogen) atoms. The van der Waals surface area contributed by atoms with Crippen LogP contribution in [0.1, 0.15) is 42.9 Å². The number of aliphatic hydroxyl groups excluding tert-OH is 1. The van der Waals surface area contributed by atoms with Crippen LogP contribution in [0.3, 0.4) is 0 Å². The molecule has 3 N–H and O–H groups in total. The first-order valence-electron chi connectivity index (χ1n) is 5.51. The Morgan fingerprint density at radius 2 is 2.20 bits per heavy atom. The zero-order valence-corrected chi connectivity index (χ0v) is 8.47. The number of nitrogens with two attached hydrogens (primary N) is 1. The Morgan fingerprint density at radius 3 is 2.87 bits per heavy atom.